The highest BCUT2D eigenvalue weighted by Crippen LogP contribution is 2.31. The van der Waals surface area contributed by atoms with Crippen molar-refractivity contribution in [3.8, 4) is 6.19 Å². The monoisotopic (exact) mass is 212 g/mol. The number of benzene rings is 1. The number of rotatable bonds is 1. The molecule has 0 saturated heterocycles. The highest BCUT2D eigenvalue weighted by Gasteiger charge is 2.30. The molecule has 4 heteroatoms. The highest BCUT2D eigenvalue weighted by molar-refractivity contribution is 6.35. The van der Waals surface area contributed by atoms with E-state index in [0.717, 1.165) is 0 Å². The number of hydrogen-bond donors (Lipinski definition) is 1. The maximum absolute atomic E-state index is 11.9. The minimum Gasteiger partial charge on any atom is -0.506 e. The van der Waals surface area contributed by atoms with Gasteiger partial charge in [0.25, 0.3) is 0 Å². The standard InChI is InChI=1S/C12H8N2O2/c1-7(14-6-13)10-11(15)8-4-2-3-5-9(8)12(10)16/h2-5,15H,1H3. The van der Waals surface area contributed by atoms with Crippen molar-refractivity contribution in [3.05, 3.63) is 41.0 Å². The Bertz CT molecular complexity index is 577. The molecule has 0 aromatic heterocycles. The Morgan fingerprint density at radius 3 is 2.56 bits per heavy atom. The van der Waals surface area contributed by atoms with Crippen LogP contribution in [0.5, 0.6) is 0 Å². The highest BCUT2D eigenvalue weighted by atomic mass is 16.3. The van der Waals surface area contributed by atoms with Gasteiger partial charge in [-0.05, 0) is 6.92 Å². The molecule has 0 saturated carbocycles. The number of fused-ring (bicyclic) bond motifs is 1. The van der Waals surface area contributed by atoms with Crippen molar-refractivity contribution in [2.75, 3.05) is 0 Å². The van der Waals surface area contributed by atoms with E-state index in [9.17, 15) is 9.90 Å². The summed E-state index contributed by atoms with van der Waals surface area (Å²) in [5.41, 5.74) is 1.29. The number of ketones is 1. The molecule has 1 aromatic carbocycles. The number of allylic oxidation sites excluding steroid dienone is 1. The summed E-state index contributed by atoms with van der Waals surface area (Å²) in [6, 6.07) is 6.77. The lowest BCUT2D eigenvalue weighted by atomic mass is 10.1. The van der Waals surface area contributed by atoms with Gasteiger partial charge in [0.2, 0.25) is 6.19 Å². The summed E-state index contributed by atoms with van der Waals surface area (Å²) in [5, 5.41) is 18.3. The van der Waals surface area contributed by atoms with Crippen LogP contribution in [0, 0.1) is 11.5 Å². The van der Waals surface area contributed by atoms with Gasteiger partial charge >= 0.3 is 0 Å². The van der Waals surface area contributed by atoms with Crippen LogP contribution in [0.4, 0.5) is 0 Å². The molecular weight excluding hydrogens is 204 g/mol. The summed E-state index contributed by atoms with van der Waals surface area (Å²) < 4.78 is 0. The van der Waals surface area contributed by atoms with E-state index in [-0.39, 0.29) is 22.8 Å². The Morgan fingerprint density at radius 2 is 2.00 bits per heavy atom. The van der Waals surface area contributed by atoms with Crippen molar-refractivity contribution in [2.24, 2.45) is 4.99 Å². The third-order valence-corrected chi connectivity index (χ3v) is 2.47. The first-order chi connectivity index (χ1) is 7.66. The van der Waals surface area contributed by atoms with E-state index in [2.05, 4.69) is 4.99 Å². The van der Waals surface area contributed by atoms with Gasteiger partial charge in [0.05, 0.1) is 11.3 Å². The fourth-order valence-electron chi connectivity index (χ4n) is 1.73. The number of carbonyl (C=O) groups is 1. The van der Waals surface area contributed by atoms with Crippen LogP contribution in [-0.2, 0) is 0 Å². The zero-order valence-electron chi connectivity index (χ0n) is 8.56. The van der Waals surface area contributed by atoms with Crippen molar-refractivity contribution in [1.29, 1.82) is 5.26 Å². The van der Waals surface area contributed by atoms with Crippen LogP contribution in [0.2, 0.25) is 0 Å². The molecule has 0 spiro atoms. The van der Waals surface area contributed by atoms with Crippen LogP contribution in [-0.4, -0.2) is 16.6 Å². The number of Topliss-reactive ketones (excluding diaryl/α,β-unsaturated/α-hetero) is 1. The molecule has 1 aliphatic rings. The summed E-state index contributed by atoms with van der Waals surface area (Å²) in [4.78, 5) is 15.4. The third-order valence-electron chi connectivity index (χ3n) is 2.47. The number of aliphatic hydroxyl groups excluding tert-OH is 1. The van der Waals surface area contributed by atoms with Crippen molar-refractivity contribution >= 4 is 17.3 Å². The van der Waals surface area contributed by atoms with Gasteiger partial charge in [0.15, 0.2) is 5.78 Å². The Kier molecular flexibility index (Phi) is 2.29. The van der Waals surface area contributed by atoms with E-state index in [1.807, 2.05) is 0 Å². The quantitative estimate of drug-likeness (QED) is 0.572. The lowest BCUT2D eigenvalue weighted by Gasteiger charge is -1.97. The van der Waals surface area contributed by atoms with E-state index in [0.29, 0.717) is 11.1 Å². The maximum Gasteiger partial charge on any atom is 0.205 e. The zero-order valence-corrected chi connectivity index (χ0v) is 8.56. The average molecular weight is 212 g/mol. The first-order valence-electron chi connectivity index (χ1n) is 4.68. The van der Waals surface area contributed by atoms with Crippen molar-refractivity contribution < 1.29 is 9.90 Å². The minimum absolute atomic E-state index is 0.0999. The van der Waals surface area contributed by atoms with Crippen LogP contribution in [0.1, 0.15) is 22.8 Å². The van der Waals surface area contributed by atoms with E-state index in [1.165, 1.54) is 6.92 Å². The predicted molar refractivity (Wildman–Crippen MR) is 59.0 cm³/mol. The maximum atomic E-state index is 11.9. The van der Waals surface area contributed by atoms with Gasteiger partial charge in [-0.1, -0.05) is 24.3 Å². The normalized spacial score (nSPS) is 15.0. The molecule has 0 heterocycles. The molecule has 1 aromatic rings. The molecule has 78 valence electrons. The molecule has 0 atom stereocenters. The topological polar surface area (TPSA) is 73.4 Å². The van der Waals surface area contributed by atoms with Gasteiger partial charge in [-0.2, -0.15) is 10.3 Å². The Labute approximate surface area is 92.2 Å². The zero-order chi connectivity index (χ0) is 11.7. The summed E-state index contributed by atoms with van der Waals surface area (Å²) in [5.74, 6) is -0.387. The van der Waals surface area contributed by atoms with Crippen LogP contribution in [0.3, 0.4) is 0 Å². The predicted octanol–water partition coefficient (Wildman–Crippen LogP) is 2.09. The molecule has 0 amide bonds. The summed E-state index contributed by atoms with van der Waals surface area (Å²) in [7, 11) is 0. The van der Waals surface area contributed by atoms with Crippen LogP contribution >= 0.6 is 0 Å². The molecule has 16 heavy (non-hydrogen) atoms. The van der Waals surface area contributed by atoms with Gasteiger partial charge in [-0.25, -0.2) is 0 Å². The Morgan fingerprint density at radius 1 is 1.38 bits per heavy atom. The van der Waals surface area contributed by atoms with Crippen molar-refractivity contribution in [1.82, 2.24) is 0 Å². The van der Waals surface area contributed by atoms with E-state index >= 15 is 0 Å². The van der Waals surface area contributed by atoms with Gasteiger partial charge in [-0.15, -0.1) is 0 Å². The average Bonchev–Trinajstić information content (AvgIpc) is 2.53. The molecule has 1 N–H and O–H groups in total. The fourth-order valence-corrected chi connectivity index (χ4v) is 1.73. The lowest BCUT2D eigenvalue weighted by Crippen LogP contribution is -2.07. The van der Waals surface area contributed by atoms with Gasteiger partial charge in [0, 0.05) is 11.1 Å². The largest absolute Gasteiger partial charge is 0.506 e. The number of aliphatic hydroxyl groups is 1. The lowest BCUT2D eigenvalue weighted by molar-refractivity contribution is 0.104. The summed E-state index contributed by atoms with van der Waals surface area (Å²) in [6.07, 6.45) is 1.60. The molecule has 0 aliphatic heterocycles. The molecule has 2 rings (SSSR count). The molecular formula is C12H8N2O2. The molecule has 0 unspecified atom stereocenters. The minimum atomic E-state index is -0.287. The number of aliphatic imine (C=N–C) groups is 1. The van der Waals surface area contributed by atoms with E-state index < -0.39 is 0 Å². The molecule has 0 radical (unpaired) electrons. The van der Waals surface area contributed by atoms with Gasteiger partial charge < -0.3 is 5.11 Å². The van der Waals surface area contributed by atoms with Crippen molar-refractivity contribution in [2.45, 2.75) is 6.92 Å². The van der Waals surface area contributed by atoms with E-state index in [1.54, 1.807) is 30.5 Å². The number of nitrogens with zero attached hydrogens (tertiary/aromatic N) is 2. The first-order valence-corrected chi connectivity index (χ1v) is 4.68. The number of hydrogen-bond acceptors (Lipinski definition) is 4. The number of nitriles is 1. The van der Waals surface area contributed by atoms with E-state index in [4.69, 9.17) is 5.26 Å². The van der Waals surface area contributed by atoms with Crippen LogP contribution in [0.25, 0.3) is 5.76 Å². The first kappa shape index (κ1) is 10.1. The van der Waals surface area contributed by atoms with Crippen molar-refractivity contribution in [3.63, 3.8) is 0 Å². The molecule has 1 aliphatic carbocycles. The SMILES string of the molecule is CC(=NC#N)C1=C(O)c2ccccc2C1=O. The molecule has 4 nitrogen and oxygen atoms in total. The summed E-state index contributed by atoms with van der Waals surface area (Å²) >= 11 is 0. The Hall–Kier alpha value is -2.41. The molecule has 0 fully saturated rings. The van der Waals surface area contributed by atoms with Crippen LogP contribution in [0.15, 0.2) is 34.8 Å². The second-order valence-corrected chi connectivity index (χ2v) is 3.40. The Balaban J connectivity index is 2.62. The second-order valence-electron chi connectivity index (χ2n) is 3.40. The fraction of sp³-hybridized carbons (Fsp3) is 0.0833. The second kappa shape index (κ2) is 3.63. The summed E-state index contributed by atoms with van der Waals surface area (Å²) in [6.45, 7) is 1.53. The third kappa shape index (κ3) is 1.30. The molecule has 0 bridgehead atoms. The smallest absolute Gasteiger partial charge is 0.205 e. The van der Waals surface area contributed by atoms with Crippen LogP contribution < -0.4 is 0 Å². The van der Waals surface area contributed by atoms with Gasteiger partial charge in [-0.3, -0.25) is 4.79 Å². The van der Waals surface area contributed by atoms with Gasteiger partial charge in [0.1, 0.15) is 5.76 Å². The number of carbonyl (C=O) groups excluding carboxylic acids is 1.